The van der Waals surface area contributed by atoms with Crippen molar-refractivity contribution in [3.8, 4) is 0 Å². The maximum Gasteiger partial charge on any atom is 0.266 e. The van der Waals surface area contributed by atoms with Gasteiger partial charge in [0.2, 0.25) is 0 Å². The maximum atomic E-state index is 12.7. The summed E-state index contributed by atoms with van der Waals surface area (Å²) in [5.41, 5.74) is 6.33. The van der Waals surface area contributed by atoms with Crippen molar-refractivity contribution in [3.05, 3.63) is 11.6 Å². The van der Waals surface area contributed by atoms with E-state index in [1.165, 1.54) is 50.5 Å². The van der Waals surface area contributed by atoms with Gasteiger partial charge in [0.05, 0.1) is 0 Å². The molecule has 3 N–H and O–H groups in total. The predicted molar refractivity (Wildman–Crippen MR) is 140 cm³/mol. The molecule has 0 aromatic carbocycles. The van der Waals surface area contributed by atoms with Crippen molar-refractivity contribution in [2.24, 2.45) is 46.3 Å². The van der Waals surface area contributed by atoms with Gasteiger partial charge in [0.1, 0.15) is 5.60 Å². The van der Waals surface area contributed by atoms with E-state index in [1.54, 1.807) is 0 Å². The van der Waals surface area contributed by atoms with Crippen molar-refractivity contribution in [1.82, 2.24) is 10.9 Å². The number of fused-ring (bicyclic) bond motifs is 5. The van der Waals surface area contributed by atoms with Crippen molar-refractivity contribution < 1.29 is 9.90 Å². The topological polar surface area (TPSA) is 61.4 Å². The number of hydrogen-bond acceptors (Lipinski definition) is 3. The first-order valence-corrected chi connectivity index (χ1v) is 14.5. The van der Waals surface area contributed by atoms with Gasteiger partial charge >= 0.3 is 0 Å². The Labute approximate surface area is 209 Å². The molecular weight excluding hydrogens is 420 g/mol. The highest BCUT2D eigenvalue weighted by molar-refractivity contribution is 5.85. The summed E-state index contributed by atoms with van der Waals surface area (Å²) in [6.45, 7) is 15.0. The molecular formula is C30H52N2O2. The average molecular weight is 473 g/mol. The minimum atomic E-state index is -1.27. The summed E-state index contributed by atoms with van der Waals surface area (Å²) in [5, 5.41) is 11.2. The first-order chi connectivity index (χ1) is 16.0. The van der Waals surface area contributed by atoms with Crippen molar-refractivity contribution in [3.63, 3.8) is 0 Å². The van der Waals surface area contributed by atoms with Gasteiger partial charge in [-0.15, -0.1) is 0 Å². The predicted octanol–water partition coefficient (Wildman–Crippen LogP) is 6.40. The molecule has 4 rings (SSSR count). The van der Waals surface area contributed by atoms with Gasteiger partial charge < -0.3 is 5.11 Å². The SMILES string of the molecule is CCNNC(=O)[C@@]1(O)CC[C@@]2(C)C(=CC[C@H]3[C@@H]4CC[C@H]([C@H](C)CCCC(C)C)[C@@]4(C)CC[C@@H]32)C1. The van der Waals surface area contributed by atoms with Crippen LogP contribution in [0.4, 0.5) is 0 Å². The van der Waals surface area contributed by atoms with Crippen LogP contribution in [-0.2, 0) is 4.79 Å². The standard InChI is InChI=1S/C30H52N2O2/c1-7-31-32-27(33)30(34)18-17-28(5)22(19-30)11-12-23-25-14-13-24(21(4)10-8-9-20(2)3)29(25,6)16-15-26(23)28/h11,20-21,23-26,31,34H,7-10,12-19H2,1-6H3,(H,32,33)/t21-,23+,24-,25+,26+,28+,29-,30-/m1/s1. The van der Waals surface area contributed by atoms with Crippen LogP contribution in [0, 0.1) is 46.3 Å². The van der Waals surface area contributed by atoms with E-state index in [-0.39, 0.29) is 11.3 Å². The second kappa shape index (κ2) is 9.88. The average Bonchev–Trinajstić information content (AvgIpc) is 3.15. The summed E-state index contributed by atoms with van der Waals surface area (Å²) in [5.74, 6) is 4.62. The Balaban J connectivity index is 1.47. The van der Waals surface area contributed by atoms with E-state index in [1.807, 2.05) is 6.92 Å². The Morgan fingerprint density at radius 1 is 1.09 bits per heavy atom. The molecule has 0 bridgehead atoms. The van der Waals surface area contributed by atoms with Gasteiger partial charge in [-0.2, -0.15) is 0 Å². The van der Waals surface area contributed by atoms with E-state index in [2.05, 4.69) is 51.5 Å². The molecule has 0 aromatic heterocycles. The molecule has 34 heavy (non-hydrogen) atoms. The van der Waals surface area contributed by atoms with E-state index < -0.39 is 5.60 Å². The van der Waals surface area contributed by atoms with Crippen molar-refractivity contribution in [2.75, 3.05) is 6.54 Å². The number of carbonyl (C=O) groups excluding carboxylic acids is 1. The van der Waals surface area contributed by atoms with Gasteiger partial charge in [0.25, 0.3) is 5.91 Å². The van der Waals surface area contributed by atoms with Crippen LogP contribution >= 0.6 is 0 Å². The summed E-state index contributed by atoms with van der Waals surface area (Å²) >= 11 is 0. The molecule has 0 saturated heterocycles. The second-order valence-corrected chi connectivity index (χ2v) is 13.5. The second-order valence-electron chi connectivity index (χ2n) is 13.5. The van der Waals surface area contributed by atoms with Crippen LogP contribution in [0.2, 0.25) is 0 Å². The number of nitrogens with one attached hydrogen (secondary N) is 2. The van der Waals surface area contributed by atoms with Crippen LogP contribution in [-0.4, -0.2) is 23.2 Å². The zero-order chi connectivity index (χ0) is 24.7. The summed E-state index contributed by atoms with van der Waals surface area (Å²) in [4.78, 5) is 12.7. The molecule has 4 aliphatic carbocycles. The number of carbonyl (C=O) groups is 1. The molecule has 194 valence electrons. The third kappa shape index (κ3) is 4.51. The highest BCUT2D eigenvalue weighted by Gasteiger charge is 2.60. The Hall–Kier alpha value is -0.870. The minimum absolute atomic E-state index is 0.149. The Morgan fingerprint density at radius 3 is 2.56 bits per heavy atom. The first kappa shape index (κ1) is 26.2. The lowest BCUT2D eigenvalue weighted by atomic mass is 9.46. The number of hydrogen-bond donors (Lipinski definition) is 3. The van der Waals surface area contributed by atoms with Gasteiger partial charge in [-0.05, 0) is 91.3 Å². The summed E-state index contributed by atoms with van der Waals surface area (Å²) in [6.07, 6.45) is 15.3. The number of hydrazine groups is 1. The zero-order valence-electron chi connectivity index (χ0n) is 22.9. The smallest absolute Gasteiger partial charge is 0.266 e. The van der Waals surface area contributed by atoms with E-state index in [0.717, 1.165) is 42.4 Å². The van der Waals surface area contributed by atoms with Crippen molar-refractivity contribution >= 4 is 5.91 Å². The summed E-state index contributed by atoms with van der Waals surface area (Å²) < 4.78 is 0. The molecule has 4 nitrogen and oxygen atoms in total. The zero-order valence-corrected chi connectivity index (χ0v) is 22.9. The van der Waals surface area contributed by atoms with E-state index in [0.29, 0.717) is 30.7 Å². The molecule has 4 aliphatic rings. The monoisotopic (exact) mass is 472 g/mol. The largest absolute Gasteiger partial charge is 0.380 e. The van der Waals surface area contributed by atoms with Crippen molar-refractivity contribution in [2.45, 2.75) is 118 Å². The Kier molecular flexibility index (Phi) is 7.62. The molecule has 8 atom stereocenters. The fourth-order valence-corrected chi connectivity index (χ4v) is 9.15. The van der Waals surface area contributed by atoms with Gasteiger partial charge in [0.15, 0.2) is 0 Å². The highest BCUT2D eigenvalue weighted by Crippen LogP contribution is 2.67. The third-order valence-corrected chi connectivity index (χ3v) is 11.2. The minimum Gasteiger partial charge on any atom is -0.380 e. The molecule has 1 amide bonds. The Bertz CT molecular complexity index is 778. The van der Waals surface area contributed by atoms with Gasteiger partial charge in [-0.3, -0.25) is 10.2 Å². The van der Waals surface area contributed by atoms with Gasteiger partial charge in [0, 0.05) is 13.0 Å². The normalized spacial score (nSPS) is 42.4. The van der Waals surface area contributed by atoms with Crippen LogP contribution in [0.3, 0.4) is 0 Å². The van der Waals surface area contributed by atoms with Crippen LogP contribution in [0.1, 0.15) is 112 Å². The van der Waals surface area contributed by atoms with Gasteiger partial charge in [-0.25, -0.2) is 5.43 Å². The number of rotatable bonds is 8. The van der Waals surface area contributed by atoms with E-state index in [4.69, 9.17) is 0 Å². The molecule has 0 heterocycles. The maximum absolute atomic E-state index is 12.7. The van der Waals surface area contributed by atoms with Crippen LogP contribution in [0.15, 0.2) is 11.6 Å². The van der Waals surface area contributed by atoms with E-state index >= 15 is 0 Å². The quantitative estimate of drug-likeness (QED) is 0.283. The van der Waals surface area contributed by atoms with E-state index in [9.17, 15) is 9.90 Å². The number of amides is 1. The lowest BCUT2D eigenvalue weighted by Gasteiger charge is -2.59. The molecule has 0 unspecified atom stereocenters. The number of allylic oxidation sites excluding steroid dienone is 1. The molecule has 3 fully saturated rings. The molecule has 0 aliphatic heterocycles. The summed E-state index contributed by atoms with van der Waals surface area (Å²) in [7, 11) is 0. The highest BCUT2D eigenvalue weighted by atomic mass is 16.3. The van der Waals surface area contributed by atoms with Crippen LogP contribution in [0.25, 0.3) is 0 Å². The Morgan fingerprint density at radius 2 is 1.85 bits per heavy atom. The summed E-state index contributed by atoms with van der Waals surface area (Å²) in [6, 6.07) is 0. The molecule has 0 spiro atoms. The fraction of sp³-hybridized carbons (Fsp3) is 0.900. The molecule has 0 aromatic rings. The lowest BCUT2D eigenvalue weighted by Crippen LogP contribution is -2.57. The molecule has 3 saturated carbocycles. The number of aliphatic hydroxyl groups is 1. The molecule has 0 radical (unpaired) electrons. The third-order valence-electron chi connectivity index (χ3n) is 11.2. The fourth-order valence-electron chi connectivity index (χ4n) is 9.15. The van der Waals surface area contributed by atoms with Gasteiger partial charge in [-0.1, -0.05) is 72.5 Å². The van der Waals surface area contributed by atoms with Crippen molar-refractivity contribution in [1.29, 1.82) is 0 Å². The van der Waals surface area contributed by atoms with Crippen LogP contribution < -0.4 is 10.9 Å². The molecule has 4 heteroatoms. The lowest BCUT2D eigenvalue weighted by molar-refractivity contribution is -0.146. The van der Waals surface area contributed by atoms with Crippen LogP contribution in [0.5, 0.6) is 0 Å². The first-order valence-electron chi connectivity index (χ1n) is 14.5.